The van der Waals surface area contributed by atoms with Crippen molar-refractivity contribution in [2.24, 2.45) is 0 Å². The third-order valence-corrected chi connectivity index (χ3v) is 4.00. The highest BCUT2D eigenvalue weighted by Crippen LogP contribution is 2.30. The molecule has 3 heterocycles. The van der Waals surface area contributed by atoms with Crippen LogP contribution in [0.25, 0.3) is 0 Å². The third-order valence-electron chi connectivity index (χ3n) is 4.00. The lowest BCUT2D eigenvalue weighted by Gasteiger charge is -2.30. The van der Waals surface area contributed by atoms with Gasteiger partial charge in [0.25, 0.3) is 0 Å². The molecule has 0 aromatic carbocycles. The molecule has 5 heteroatoms. The zero-order chi connectivity index (χ0) is 15.2. The lowest BCUT2D eigenvalue weighted by atomic mass is 10.0. The third kappa shape index (κ3) is 3.42. The number of carbonyl (C=O) groups excluding carboxylic acids is 1. The van der Waals surface area contributed by atoms with Crippen LogP contribution in [0.4, 0.5) is 10.6 Å². The van der Waals surface area contributed by atoms with Crippen LogP contribution >= 0.6 is 0 Å². The summed E-state index contributed by atoms with van der Waals surface area (Å²) < 4.78 is 0. The van der Waals surface area contributed by atoms with Crippen molar-refractivity contribution in [1.82, 2.24) is 14.9 Å². The number of nitrogens with one attached hydrogen (secondary N) is 1. The zero-order valence-corrected chi connectivity index (χ0v) is 12.5. The Kier molecular flexibility index (Phi) is 4.63. The molecule has 2 amide bonds. The molecule has 5 nitrogen and oxygen atoms in total. The molecule has 0 aliphatic carbocycles. The highest BCUT2D eigenvalue weighted by Gasteiger charge is 2.26. The summed E-state index contributed by atoms with van der Waals surface area (Å²) in [5, 5.41) is 2.90. The molecule has 2 aromatic rings. The minimum absolute atomic E-state index is 0.0811. The molecule has 1 aliphatic heterocycles. The SMILES string of the molecule is O=C(Nc1ccccn1)N1CCCCCC1c1ccncc1. The van der Waals surface area contributed by atoms with Gasteiger partial charge >= 0.3 is 6.03 Å². The van der Waals surface area contributed by atoms with E-state index in [2.05, 4.69) is 15.3 Å². The van der Waals surface area contributed by atoms with Crippen molar-refractivity contribution in [2.45, 2.75) is 31.7 Å². The number of rotatable bonds is 2. The smallest absolute Gasteiger partial charge is 0.317 e. The molecule has 2 aromatic heterocycles. The second kappa shape index (κ2) is 7.02. The Morgan fingerprint density at radius 1 is 1.09 bits per heavy atom. The maximum atomic E-state index is 12.7. The van der Waals surface area contributed by atoms with Crippen LogP contribution in [0.15, 0.2) is 48.9 Å². The maximum Gasteiger partial charge on any atom is 0.323 e. The minimum Gasteiger partial charge on any atom is -0.317 e. The molecule has 0 bridgehead atoms. The van der Waals surface area contributed by atoms with Crippen LogP contribution in [0.2, 0.25) is 0 Å². The van der Waals surface area contributed by atoms with Gasteiger partial charge in [-0.15, -0.1) is 0 Å². The van der Waals surface area contributed by atoms with Crippen molar-refractivity contribution in [2.75, 3.05) is 11.9 Å². The molecule has 3 rings (SSSR count). The number of anilines is 1. The van der Waals surface area contributed by atoms with Crippen LogP contribution in [0.3, 0.4) is 0 Å². The van der Waals surface area contributed by atoms with Gasteiger partial charge in [-0.05, 0) is 42.7 Å². The number of hydrogen-bond acceptors (Lipinski definition) is 3. The first kappa shape index (κ1) is 14.5. The van der Waals surface area contributed by atoms with Crippen molar-refractivity contribution in [3.8, 4) is 0 Å². The van der Waals surface area contributed by atoms with E-state index in [0.29, 0.717) is 5.82 Å². The zero-order valence-electron chi connectivity index (χ0n) is 12.5. The van der Waals surface area contributed by atoms with E-state index in [4.69, 9.17) is 0 Å². The van der Waals surface area contributed by atoms with Gasteiger partial charge in [0.15, 0.2) is 0 Å². The van der Waals surface area contributed by atoms with Gasteiger partial charge in [0.1, 0.15) is 5.82 Å². The number of likely N-dealkylation sites (tertiary alicyclic amines) is 1. The molecule has 1 aliphatic rings. The van der Waals surface area contributed by atoms with E-state index in [1.54, 1.807) is 24.7 Å². The van der Waals surface area contributed by atoms with Gasteiger partial charge in [0.05, 0.1) is 6.04 Å². The molecule has 0 radical (unpaired) electrons. The van der Waals surface area contributed by atoms with E-state index in [1.165, 1.54) is 0 Å². The summed E-state index contributed by atoms with van der Waals surface area (Å²) in [4.78, 5) is 22.8. The second-order valence-electron chi connectivity index (χ2n) is 5.48. The van der Waals surface area contributed by atoms with Crippen molar-refractivity contribution in [1.29, 1.82) is 0 Å². The lowest BCUT2D eigenvalue weighted by Crippen LogP contribution is -2.38. The Hall–Kier alpha value is -2.43. The average Bonchev–Trinajstić information content (AvgIpc) is 2.82. The number of aromatic nitrogens is 2. The Bertz CT molecular complexity index is 603. The molecule has 1 atom stereocenters. The Labute approximate surface area is 130 Å². The second-order valence-corrected chi connectivity index (χ2v) is 5.48. The Morgan fingerprint density at radius 2 is 1.95 bits per heavy atom. The molecule has 1 unspecified atom stereocenters. The fraction of sp³-hybridized carbons (Fsp3) is 0.353. The summed E-state index contributed by atoms with van der Waals surface area (Å²) in [5.41, 5.74) is 1.15. The minimum atomic E-state index is -0.0811. The van der Waals surface area contributed by atoms with E-state index < -0.39 is 0 Å². The summed E-state index contributed by atoms with van der Waals surface area (Å²) >= 11 is 0. The van der Waals surface area contributed by atoms with Gasteiger partial charge in [-0.1, -0.05) is 18.9 Å². The predicted octanol–water partition coefficient (Wildman–Crippen LogP) is 3.63. The summed E-state index contributed by atoms with van der Waals surface area (Å²) in [7, 11) is 0. The molecular formula is C17H20N4O. The molecule has 22 heavy (non-hydrogen) atoms. The molecule has 0 spiro atoms. The van der Waals surface area contributed by atoms with Crippen LogP contribution in [0.5, 0.6) is 0 Å². The Morgan fingerprint density at radius 3 is 2.73 bits per heavy atom. The standard InChI is InChI=1S/C17H20N4O/c22-17(20-16-7-3-4-10-19-16)21-13-5-1-2-6-15(21)14-8-11-18-12-9-14/h3-4,7-12,15H,1-2,5-6,13H2,(H,19,20,22). The summed E-state index contributed by atoms with van der Waals surface area (Å²) in [5.74, 6) is 0.588. The topological polar surface area (TPSA) is 58.1 Å². The number of hydrogen-bond donors (Lipinski definition) is 1. The van der Waals surface area contributed by atoms with Gasteiger partial charge in [-0.3, -0.25) is 10.3 Å². The van der Waals surface area contributed by atoms with E-state index >= 15 is 0 Å². The van der Waals surface area contributed by atoms with E-state index in [0.717, 1.165) is 37.8 Å². The first-order valence-electron chi connectivity index (χ1n) is 7.73. The molecule has 1 fully saturated rings. The van der Waals surface area contributed by atoms with Crippen molar-refractivity contribution in [3.05, 3.63) is 54.5 Å². The van der Waals surface area contributed by atoms with Crippen molar-refractivity contribution >= 4 is 11.8 Å². The molecule has 1 saturated heterocycles. The largest absolute Gasteiger partial charge is 0.323 e. The summed E-state index contributed by atoms with van der Waals surface area (Å²) in [6, 6.07) is 9.52. The highest BCUT2D eigenvalue weighted by molar-refractivity contribution is 5.88. The number of pyridine rings is 2. The van der Waals surface area contributed by atoms with Crippen molar-refractivity contribution < 1.29 is 4.79 Å². The van der Waals surface area contributed by atoms with Crippen LogP contribution in [-0.4, -0.2) is 27.4 Å². The van der Waals surface area contributed by atoms with Gasteiger partial charge in [0.2, 0.25) is 0 Å². The number of nitrogens with zero attached hydrogens (tertiary/aromatic N) is 3. The van der Waals surface area contributed by atoms with Gasteiger partial charge in [-0.2, -0.15) is 0 Å². The molecular weight excluding hydrogens is 276 g/mol. The van der Waals surface area contributed by atoms with E-state index in [-0.39, 0.29) is 12.1 Å². The fourth-order valence-corrected chi connectivity index (χ4v) is 2.90. The lowest BCUT2D eigenvalue weighted by molar-refractivity contribution is 0.189. The molecule has 114 valence electrons. The van der Waals surface area contributed by atoms with Crippen LogP contribution in [0.1, 0.15) is 37.3 Å². The number of amides is 2. The fourth-order valence-electron chi connectivity index (χ4n) is 2.90. The summed E-state index contributed by atoms with van der Waals surface area (Å²) in [6.07, 6.45) is 9.58. The van der Waals surface area contributed by atoms with Crippen molar-refractivity contribution in [3.63, 3.8) is 0 Å². The van der Waals surface area contributed by atoms with Crippen LogP contribution in [-0.2, 0) is 0 Å². The monoisotopic (exact) mass is 296 g/mol. The quantitative estimate of drug-likeness (QED) is 0.920. The highest BCUT2D eigenvalue weighted by atomic mass is 16.2. The van der Waals surface area contributed by atoms with Gasteiger partial charge in [-0.25, -0.2) is 9.78 Å². The molecule has 0 saturated carbocycles. The van der Waals surface area contributed by atoms with E-state index in [9.17, 15) is 4.79 Å². The normalized spacial score (nSPS) is 18.5. The summed E-state index contributed by atoms with van der Waals surface area (Å²) in [6.45, 7) is 0.770. The first-order chi connectivity index (χ1) is 10.8. The number of urea groups is 1. The van der Waals surface area contributed by atoms with E-state index in [1.807, 2.05) is 29.2 Å². The first-order valence-corrected chi connectivity index (χ1v) is 7.73. The number of carbonyl (C=O) groups is 1. The Balaban J connectivity index is 1.80. The van der Waals surface area contributed by atoms with Crippen LogP contribution in [0, 0.1) is 0 Å². The van der Waals surface area contributed by atoms with Gasteiger partial charge in [0, 0.05) is 25.1 Å². The predicted molar refractivity (Wildman–Crippen MR) is 85.4 cm³/mol. The maximum absolute atomic E-state index is 12.7. The van der Waals surface area contributed by atoms with Gasteiger partial charge < -0.3 is 4.90 Å². The average molecular weight is 296 g/mol. The molecule has 1 N–H and O–H groups in total. The van der Waals surface area contributed by atoms with Crippen LogP contribution < -0.4 is 5.32 Å².